The molecule has 0 radical (unpaired) electrons. The second-order valence-electron chi connectivity index (χ2n) is 13.3. The van der Waals surface area contributed by atoms with Crippen molar-refractivity contribution in [2.24, 2.45) is 0 Å². The van der Waals surface area contributed by atoms with Gasteiger partial charge in [0.15, 0.2) is 5.58 Å². The summed E-state index contributed by atoms with van der Waals surface area (Å²) in [7, 11) is 0. The van der Waals surface area contributed by atoms with Gasteiger partial charge in [-0.1, -0.05) is 164 Å². The van der Waals surface area contributed by atoms with Crippen LogP contribution in [0.4, 0.5) is 17.1 Å². The van der Waals surface area contributed by atoms with Crippen LogP contribution in [0.15, 0.2) is 205 Å². The molecule has 0 saturated heterocycles. The minimum absolute atomic E-state index is 0.862. The van der Waals surface area contributed by atoms with Crippen LogP contribution < -0.4 is 4.90 Å². The van der Waals surface area contributed by atoms with Crippen LogP contribution >= 0.6 is 0 Å². The van der Waals surface area contributed by atoms with Crippen LogP contribution in [0.3, 0.4) is 0 Å². The minimum atomic E-state index is 0.862. The Kier molecular flexibility index (Phi) is 7.18. The van der Waals surface area contributed by atoms with E-state index in [1.54, 1.807) is 0 Å². The van der Waals surface area contributed by atoms with Crippen LogP contribution in [0.5, 0.6) is 0 Å². The number of fused-ring (bicyclic) bond motifs is 8. The van der Waals surface area contributed by atoms with Gasteiger partial charge < -0.3 is 9.32 Å². The van der Waals surface area contributed by atoms with E-state index in [1.807, 2.05) is 0 Å². The Balaban J connectivity index is 1.20. The average molecular weight is 664 g/mol. The normalized spacial score (nSPS) is 11.5. The Hall–Kier alpha value is -6.90. The maximum atomic E-state index is 7.12. The predicted molar refractivity (Wildman–Crippen MR) is 220 cm³/mol. The summed E-state index contributed by atoms with van der Waals surface area (Å²) in [6, 6.07) is 71.4. The van der Waals surface area contributed by atoms with Crippen molar-refractivity contribution in [3.63, 3.8) is 0 Å². The topological polar surface area (TPSA) is 16.4 Å². The molecule has 0 aliphatic heterocycles. The van der Waals surface area contributed by atoms with Gasteiger partial charge in [0.25, 0.3) is 0 Å². The molecule has 9 aromatic carbocycles. The summed E-state index contributed by atoms with van der Waals surface area (Å²) in [5, 5.41) is 6.98. The Morgan fingerprint density at radius 2 is 0.712 bits per heavy atom. The largest absolute Gasteiger partial charge is 0.453 e. The van der Waals surface area contributed by atoms with Crippen LogP contribution in [-0.2, 0) is 0 Å². The fourth-order valence-electron chi connectivity index (χ4n) is 7.75. The molecule has 0 amide bonds. The van der Waals surface area contributed by atoms with Crippen LogP contribution in [0.1, 0.15) is 0 Å². The number of nitrogens with zero attached hydrogens (tertiary/aromatic N) is 1. The number of rotatable bonds is 6. The molecule has 0 saturated carbocycles. The van der Waals surface area contributed by atoms with Crippen LogP contribution in [0.2, 0.25) is 0 Å². The molecule has 10 rings (SSSR count). The van der Waals surface area contributed by atoms with E-state index in [-0.39, 0.29) is 0 Å². The average Bonchev–Trinajstić information content (AvgIpc) is 3.63. The van der Waals surface area contributed by atoms with Gasteiger partial charge in [-0.3, -0.25) is 0 Å². The van der Waals surface area contributed by atoms with Crippen molar-refractivity contribution >= 4 is 60.5 Å². The van der Waals surface area contributed by atoms with E-state index in [2.05, 4.69) is 205 Å². The first-order valence-electron chi connectivity index (χ1n) is 17.8. The summed E-state index contributed by atoms with van der Waals surface area (Å²) in [6.45, 7) is 0. The SMILES string of the molecule is c1ccc(-c2ccc(-c3ccc(N(c4ccccc4)c4cc(-c5ccccc5)cc5c4oc4c6ccccc6c6ccccc6c54)cc3)cc2)cc1. The zero-order valence-electron chi connectivity index (χ0n) is 28.4. The third-order valence-electron chi connectivity index (χ3n) is 10.2. The fourth-order valence-corrected chi connectivity index (χ4v) is 7.75. The third kappa shape index (κ3) is 5.04. The van der Waals surface area contributed by atoms with E-state index in [9.17, 15) is 0 Å². The molecule has 0 fully saturated rings. The molecule has 244 valence electrons. The molecule has 2 heteroatoms. The van der Waals surface area contributed by atoms with Crippen LogP contribution in [0, 0.1) is 0 Å². The lowest BCUT2D eigenvalue weighted by molar-refractivity contribution is 0.673. The molecule has 0 unspecified atom stereocenters. The lowest BCUT2D eigenvalue weighted by Gasteiger charge is -2.26. The smallest absolute Gasteiger partial charge is 0.159 e. The van der Waals surface area contributed by atoms with Crippen molar-refractivity contribution in [2.45, 2.75) is 0 Å². The Morgan fingerprint density at radius 3 is 1.31 bits per heavy atom. The number of hydrogen-bond donors (Lipinski definition) is 0. The summed E-state index contributed by atoms with van der Waals surface area (Å²) in [4.78, 5) is 2.34. The first-order valence-corrected chi connectivity index (χ1v) is 17.8. The number of anilines is 3. The first-order chi connectivity index (χ1) is 25.8. The van der Waals surface area contributed by atoms with E-state index in [0.29, 0.717) is 0 Å². The summed E-state index contributed by atoms with van der Waals surface area (Å²) in [5.41, 5.74) is 12.0. The zero-order valence-corrected chi connectivity index (χ0v) is 28.4. The van der Waals surface area contributed by atoms with Crippen molar-refractivity contribution < 1.29 is 4.42 Å². The van der Waals surface area contributed by atoms with Gasteiger partial charge in [0.2, 0.25) is 0 Å². The van der Waals surface area contributed by atoms with E-state index < -0.39 is 0 Å². The Bertz CT molecular complexity index is 2860. The molecule has 0 aliphatic carbocycles. The van der Waals surface area contributed by atoms with E-state index in [0.717, 1.165) is 55.5 Å². The molecule has 0 N–H and O–H groups in total. The van der Waals surface area contributed by atoms with Gasteiger partial charge in [0.05, 0.1) is 5.69 Å². The number of hydrogen-bond acceptors (Lipinski definition) is 2. The molecule has 52 heavy (non-hydrogen) atoms. The first kappa shape index (κ1) is 30.0. The predicted octanol–water partition coefficient (Wildman–Crippen LogP) is 14.4. The van der Waals surface area contributed by atoms with Gasteiger partial charge in [-0.25, -0.2) is 0 Å². The summed E-state index contributed by atoms with van der Waals surface area (Å²) in [6.07, 6.45) is 0. The molecular weight excluding hydrogens is 631 g/mol. The lowest BCUT2D eigenvalue weighted by Crippen LogP contribution is -2.10. The Labute approximate surface area is 302 Å². The highest BCUT2D eigenvalue weighted by molar-refractivity contribution is 6.31. The van der Waals surface area contributed by atoms with E-state index in [4.69, 9.17) is 4.42 Å². The second-order valence-corrected chi connectivity index (χ2v) is 13.3. The van der Waals surface area contributed by atoms with E-state index >= 15 is 0 Å². The van der Waals surface area contributed by atoms with Gasteiger partial charge in [-0.15, -0.1) is 0 Å². The molecule has 1 aromatic heterocycles. The highest BCUT2D eigenvalue weighted by Crippen LogP contribution is 2.48. The van der Waals surface area contributed by atoms with Gasteiger partial charge in [0.1, 0.15) is 5.58 Å². The molecular formula is C50H33NO. The second kappa shape index (κ2) is 12.5. The fraction of sp³-hybridized carbons (Fsp3) is 0. The zero-order chi connectivity index (χ0) is 34.4. The highest BCUT2D eigenvalue weighted by atomic mass is 16.3. The summed E-state index contributed by atoms with van der Waals surface area (Å²) in [5.74, 6) is 0. The number of benzene rings is 9. The molecule has 0 bridgehead atoms. The number of para-hydroxylation sites is 1. The summed E-state index contributed by atoms with van der Waals surface area (Å²) >= 11 is 0. The van der Waals surface area contributed by atoms with Crippen LogP contribution in [-0.4, -0.2) is 0 Å². The maximum Gasteiger partial charge on any atom is 0.159 e. The molecule has 1 heterocycles. The monoisotopic (exact) mass is 663 g/mol. The number of furan rings is 1. The minimum Gasteiger partial charge on any atom is -0.453 e. The van der Waals surface area contributed by atoms with Gasteiger partial charge in [-0.05, 0) is 85.9 Å². The van der Waals surface area contributed by atoms with Gasteiger partial charge >= 0.3 is 0 Å². The van der Waals surface area contributed by atoms with Gasteiger partial charge in [0, 0.05) is 27.5 Å². The van der Waals surface area contributed by atoms with Gasteiger partial charge in [-0.2, -0.15) is 0 Å². The van der Waals surface area contributed by atoms with E-state index in [1.165, 1.54) is 38.4 Å². The van der Waals surface area contributed by atoms with Crippen molar-refractivity contribution in [3.05, 3.63) is 200 Å². The highest BCUT2D eigenvalue weighted by Gasteiger charge is 2.23. The summed E-state index contributed by atoms with van der Waals surface area (Å²) < 4.78 is 7.12. The molecule has 0 spiro atoms. The molecule has 0 atom stereocenters. The molecule has 2 nitrogen and oxygen atoms in total. The van der Waals surface area contributed by atoms with Crippen molar-refractivity contribution in [3.8, 4) is 33.4 Å². The standard InChI is InChI=1S/C50H33NO/c1-4-14-34(15-5-1)36-24-26-37(27-25-36)38-28-30-41(31-29-38)51(40-18-8-3-9-19-40)47-33-39(35-16-6-2-7-17-35)32-46-48-44-22-12-10-20-42(44)43-21-11-13-23-45(43)50(48)52-49(46)47/h1-33H. The van der Waals surface area contributed by atoms with Crippen molar-refractivity contribution in [2.75, 3.05) is 4.90 Å². The molecule has 0 aliphatic rings. The molecule has 10 aromatic rings. The third-order valence-corrected chi connectivity index (χ3v) is 10.2. The maximum absolute atomic E-state index is 7.12. The lowest BCUT2D eigenvalue weighted by atomic mass is 9.95. The van der Waals surface area contributed by atoms with Crippen LogP contribution in [0.25, 0.3) is 76.9 Å². The van der Waals surface area contributed by atoms with Crippen molar-refractivity contribution in [1.82, 2.24) is 0 Å². The Morgan fingerprint density at radius 1 is 0.288 bits per heavy atom. The van der Waals surface area contributed by atoms with Crippen molar-refractivity contribution in [1.29, 1.82) is 0 Å². The quantitative estimate of drug-likeness (QED) is 0.165.